The minimum atomic E-state index is -0.286. The summed E-state index contributed by atoms with van der Waals surface area (Å²) in [7, 11) is 0. The lowest BCUT2D eigenvalue weighted by Crippen LogP contribution is -2.48. The Morgan fingerprint density at radius 3 is 3.09 bits per heavy atom. The Labute approximate surface area is 126 Å². The van der Waals surface area contributed by atoms with Crippen molar-refractivity contribution >= 4 is 33.5 Å². The Morgan fingerprint density at radius 1 is 1.32 bits per heavy atom. The zero-order chi connectivity index (χ0) is 15.1. The van der Waals surface area contributed by atoms with E-state index in [1.807, 2.05) is 6.07 Å². The molecule has 1 atom stereocenters. The second-order valence-electron chi connectivity index (χ2n) is 5.59. The number of hydrogen-bond acceptors (Lipinski definition) is 5. The van der Waals surface area contributed by atoms with Gasteiger partial charge in [-0.15, -0.1) is 0 Å². The standard InChI is InChI=1S/C15H16N6O/c16-14(22)11-3-1-2-6-21(11)12-8-19-20-10-7-18-15-9(13(10)12)4-5-17-15/h4-5,7-8,11,20H,1-3,6H2,(H2,16,22). The van der Waals surface area contributed by atoms with Gasteiger partial charge < -0.3 is 10.6 Å². The fraction of sp³-hybridized carbons (Fsp3) is 0.333. The molecule has 112 valence electrons. The van der Waals surface area contributed by atoms with Crippen LogP contribution in [0.3, 0.4) is 0 Å². The zero-order valence-electron chi connectivity index (χ0n) is 12.0. The van der Waals surface area contributed by atoms with Gasteiger partial charge in [-0.05, 0) is 25.3 Å². The first kappa shape index (κ1) is 13.0. The first-order valence-electron chi connectivity index (χ1n) is 7.38. The second kappa shape index (κ2) is 4.94. The monoisotopic (exact) mass is 296 g/mol. The lowest BCUT2D eigenvalue weighted by Gasteiger charge is -2.35. The SMILES string of the molecule is NC(=O)C1CCCCN1c1cn[nH]c2cnc3nccc3c12. The number of H-pyrrole nitrogens is 1. The highest BCUT2D eigenvalue weighted by atomic mass is 16.1. The van der Waals surface area contributed by atoms with Gasteiger partial charge in [0.1, 0.15) is 6.04 Å². The van der Waals surface area contributed by atoms with E-state index in [0.717, 1.165) is 47.8 Å². The lowest BCUT2D eigenvalue weighted by molar-refractivity contribution is -0.119. The van der Waals surface area contributed by atoms with Gasteiger partial charge in [-0.2, -0.15) is 5.10 Å². The van der Waals surface area contributed by atoms with Crippen molar-refractivity contribution in [3.8, 4) is 0 Å². The van der Waals surface area contributed by atoms with Gasteiger partial charge in [0.25, 0.3) is 0 Å². The number of nitrogens with two attached hydrogens (primary N) is 1. The number of piperidine rings is 1. The Hall–Kier alpha value is -2.70. The number of carbonyl (C=O) groups excluding carboxylic acids is 1. The molecule has 0 aromatic carbocycles. The summed E-state index contributed by atoms with van der Waals surface area (Å²) in [6.07, 6.45) is 8.06. The van der Waals surface area contributed by atoms with Crippen LogP contribution in [0.2, 0.25) is 0 Å². The molecule has 1 amide bonds. The Bertz CT molecular complexity index is 857. The maximum absolute atomic E-state index is 11.8. The van der Waals surface area contributed by atoms with Crippen molar-refractivity contribution < 1.29 is 4.79 Å². The van der Waals surface area contributed by atoms with Gasteiger partial charge in [0.15, 0.2) is 5.65 Å². The number of rotatable bonds is 2. The summed E-state index contributed by atoms with van der Waals surface area (Å²) in [6, 6.07) is 1.65. The minimum Gasteiger partial charge on any atom is -0.368 e. The molecule has 0 spiro atoms. The third-order valence-electron chi connectivity index (χ3n) is 4.30. The van der Waals surface area contributed by atoms with E-state index in [-0.39, 0.29) is 11.9 Å². The van der Waals surface area contributed by atoms with E-state index in [0.29, 0.717) is 5.65 Å². The van der Waals surface area contributed by atoms with Crippen LogP contribution < -0.4 is 10.6 Å². The summed E-state index contributed by atoms with van der Waals surface area (Å²) in [6.45, 7) is 0.798. The first-order chi connectivity index (χ1) is 10.8. The smallest absolute Gasteiger partial charge is 0.240 e. The predicted molar refractivity (Wildman–Crippen MR) is 83.4 cm³/mol. The van der Waals surface area contributed by atoms with Crippen LogP contribution >= 0.6 is 0 Å². The fourth-order valence-corrected chi connectivity index (χ4v) is 3.28. The molecular formula is C15H16N6O. The van der Waals surface area contributed by atoms with Crippen molar-refractivity contribution in [1.29, 1.82) is 0 Å². The molecule has 7 nitrogen and oxygen atoms in total. The topological polar surface area (TPSA) is 101 Å². The number of nitrogens with zero attached hydrogens (tertiary/aromatic N) is 4. The lowest BCUT2D eigenvalue weighted by atomic mass is 10.00. The summed E-state index contributed by atoms with van der Waals surface area (Å²) >= 11 is 0. The van der Waals surface area contributed by atoms with E-state index in [1.54, 1.807) is 18.6 Å². The van der Waals surface area contributed by atoms with Gasteiger partial charge in [0.05, 0.1) is 23.6 Å². The van der Waals surface area contributed by atoms with Gasteiger partial charge in [-0.1, -0.05) is 0 Å². The van der Waals surface area contributed by atoms with Crippen molar-refractivity contribution in [2.75, 3.05) is 11.4 Å². The van der Waals surface area contributed by atoms with Gasteiger partial charge in [0.2, 0.25) is 5.91 Å². The Kier molecular flexibility index (Phi) is 2.92. The normalized spacial score (nSPS) is 18.9. The summed E-state index contributed by atoms with van der Waals surface area (Å²) in [5.74, 6) is -0.286. The van der Waals surface area contributed by atoms with Crippen molar-refractivity contribution in [2.45, 2.75) is 25.3 Å². The molecule has 1 unspecified atom stereocenters. The number of fused-ring (bicyclic) bond motifs is 3. The van der Waals surface area contributed by atoms with Crippen molar-refractivity contribution in [2.24, 2.45) is 5.73 Å². The maximum Gasteiger partial charge on any atom is 0.240 e. The maximum atomic E-state index is 11.8. The van der Waals surface area contributed by atoms with Crippen LogP contribution in [0.25, 0.3) is 21.9 Å². The number of aromatic amines is 1. The van der Waals surface area contributed by atoms with E-state index in [1.165, 1.54) is 0 Å². The average molecular weight is 296 g/mol. The van der Waals surface area contributed by atoms with Crippen molar-refractivity contribution in [1.82, 2.24) is 20.2 Å². The van der Waals surface area contributed by atoms with Crippen LogP contribution in [0.4, 0.5) is 5.69 Å². The average Bonchev–Trinajstić information content (AvgIpc) is 3.03. The van der Waals surface area contributed by atoms with Crippen LogP contribution in [-0.4, -0.2) is 38.7 Å². The Morgan fingerprint density at radius 2 is 2.23 bits per heavy atom. The van der Waals surface area contributed by atoms with Crippen molar-refractivity contribution in [3.05, 3.63) is 24.7 Å². The largest absolute Gasteiger partial charge is 0.368 e. The molecule has 4 heterocycles. The van der Waals surface area contributed by atoms with E-state index in [9.17, 15) is 4.79 Å². The summed E-state index contributed by atoms with van der Waals surface area (Å²) in [5.41, 5.74) is 8.03. The van der Waals surface area contributed by atoms with Crippen LogP contribution in [0.5, 0.6) is 0 Å². The van der Waals surface area contributed by atoms with Gasteiger partial charge >= 0.3 is 0 Å². The zero-order valence-corrected chi connectivity index (χ0v) is 12.0. The van der Waals surface area contributed by atoms with Crippen LogP contribution in [0.15, 0.2) is 24.7 Å². The molecule has 1 saturated heterocycles. The van der Waals surface area contributed by atoms with Crippen LogP contribution in [0, 0.1) is 0 Å². The predicted octanol–water partition coefficient (Wildman–Crippen LogP) is 1.35. The fourth-order valence-electron chi connectivity index (χ4n) is 3.28. The third-order valence-corrected chi connectivity index (χ3v) is 4.30. The highest BCUT2D eigenvalue weighted by molar-refractivity contribution is 6.10. The molecule has 3 aromatic rings. The highest BCUT2D eigenvalue weighted by Gasteiger charge is 2.29. The molecule has 0 aliphatic carbocycles. The molecule has 3 aromatic heterocycles. The number of carbonyl (C=O) groups is 1. The molecule has 0 bridgehead atoms. The number of anilines is 1. The van der Waals surface area contributed by atoms with E-state index in [4.69, 9.17) is 5.73 Å². The number of aromatic nitrogens is 4. The summed E-state index contributed by atoms with van der Waals surface area (Å²) < 4.78 is 0. The second-order valence-corrected chi connectivity index (χ2v) is 5.59. The van der Waals surface area contributed by atoms with E-state index < -0.39 is 0 Å². The molecule has 7 heteroatoms. The number of amides is 1. The van der Waals surface area contributed by atoms with Gasteiger partial charge in [0, 0.05) is 23.5 Å². The van der Waals surface area contributed by atoms with Crippen LogP contribution in [-0.2, 0) is 4.79 Å². The molecule has 22 heavy (non-hydrogen) atoms. The van der Waals surface area contributed by atoms with Crippen LogP contribution in [0.1, 0.15) is 19.3 Å². The minimum absolute atomic E-state index is 0.285. The first-order valence-corrected chi connectivity index (χ1v) is 7.38. The molecule has 1 fully saturated rings. The summed E-state index contributed by atoms with van der Waals surface area (Å²) in [4.78, 5) is 22.5. The van der Waals surface area contributed by atoms with E-state index in [2.05, 4.69) is 25.1 Å². The third kappa shape index (κ3) is 1.89. The number of primary amides is 1. The number of pyridine rings is 1. The number of nitrogens with one attached hydrogen (secondary N) is 1. The Balaban J connectivity index is 1.97. The molecule has 1 aliphatic heterocycles. The number of hydrogen-bond donors (Lipinski definition) is 2. The van der Waals surface area contributed by atoms with Gasteiger partial charge in [-0.3, -0.25) is 9.89 Å². The highest BCUT2D eigenvalue weighted by Crippen LogP contribution is 2.33. The molecule has 0 radical (unpaired) electrons. The molecular weight excluding hydrogens is 280 g/mol. The molecule has 1 aliphatic rings. The molecule has 4 rings (SSSR count). The van der Waals surface area contributed by atoms with Gasteiger partial charge in [-0.25, -0.2) is 9.97 Å². The van der Waals surface area contributed by atoms with Crippen molar-refractivity contribution in [3.63, 3.8) is 0 Å². The van der Waals surface area contributed by atoms with E-state index >= 15 is 0 Å². The molecule has 0 saturated carbocycles. The molecule has 3 N–H and O–H groups in total. The summed E-state index contributed by atoms with van der Waals surface area (Å²) in [5, 5.41) is 9.12. The quantitative estimate of drug-likeness (QED) is 0.743.